The molecule has 0 saturated carbocycles. The zero-order valence-electron chi connectivity index (χ0n) is 16.2. The topological polar surface area (TPSA) is 86.1 Å². The van der Waals surface area contributed by atoms with Crippen molar-refractivity contribution in [2.45, 2.75) is 25.2 Å². The number of nitrogens with zero attached hydrogens (tertiary/aromatic N) is 3. The molecule has 1 N–H and O–H groups in total. The normalized spacial score (nSPS) is 11.0. The quantitative estimate of drug-likeness (QED) is 0.391. The minimum absolute atomic E-state index is 0.116. The molecule has 9 heteroatoms. The van der Waals surface area contributed by atoms with Crippen LogP contribution in [0.4, 0.5) is 0 Å². The zero-order valence-corrected chi connectivity index (χ0v) is 17.7. The van der Waals surface area contributed by atoms with Gasteiger partial charge in [-0.05, 0) is 55.5 Å². The van der Waals surface area contributed by atoms with E-state index in [1.807, 2.05) is 54.0 Å². The second-order valence-corrected chi connectivity index (χ2v) is 7.74. The van der Waals surface area contributed by atoms with Crippen LogP contribution in [0.1, 0.15) is 12.7 Å². The summed E-state index contributed by atoms with van der Waals surface area (Å²) in [6, 6.07) is 14.8. The molecular weight excluding hydrogens is 424 g/mol. The van der Waals surface area contributed by atoms with Gasteiger partial charge in [-0.3, -0.25) is 9.36 Å². The van der Waals surface area contributed by atoms with Crippen molar-refractivity contribution in [2.24, 2.45) is 0 Å². The van der Waals surface area contributed by atoms with Crippen molar-refractivity contribution in [3.63, 3.8) is 0 Å². The molecule has 0 aliphatic carbocycles. The lowest BCUT2D eigenvalue weighted by molar-refractivity contribution is -0.118. The first-order chi connectivity index (χ1) is 14.6. The molecule has 0 fully saturated rings. The number of carbonyl (C=O) groups is 1. The molecule has 1 amide bonds. The first-order valence-electron chi connectivity index (χ1n) is 9.35. The summed E-state index contributed by atoms with van der Waals surface area (Å²) in [5, 5.41) is 12.6. The molecule has 0 radical (unpaired) electrons. The first kappa shape index (κ1) is 20.3. The average Bonchev–Trinajstić information content (AvgIpc) is 3.51. The molecular formula is C21H19ClN4O3S. The SMILES string of the molecule is CCn1c(SCC(=O)NCc2ccc(-c3ccc(Cl)cc3)o2)nnc1-c1ccco1. The highest BCUT2D eigenvalue weighted by atomic mass is 35.5. The highest BCUT2D eigenvalue weighted by molar-refractivity contribution is 7.99. The summed E-state index contributed by atoms with van der Waals surface area (Å²) in [5.74, 6) is 2.81. The molecule has 3 aromatic heterocycles. The van der Waals surface area contributed by atoms with E-state index in [0.29, 0.717) is 40.6 Å². The number of halogens is 1. The van der Waals surface area contributed by atoms with Crippen molar-refractivity contribution in [3.8, 4) is 22.9 Å². The van der Waals surface area contributed by atoms with Gasteiger partial charge in [-0.25, -0.2) is 0 Å². The van der Waals surface area contributed by atoms with E-state index in [4.69, 9.17) is 20.4 Å². The molecule has 4 aromatic rings. The maximum atomic E-state index is 12.3. The molecule has 7 nitrogen and oxygen atoms in total. The molecule has 0 bridgehead atoms. The maximum absolute atomic E-state index is 12.3. The van der Waals surface area contributed by atoms with Gasteiger partial charge in [-0.2, -0.15) is 0 Å². The van der Waals surface area contributed by atoms with Gasteiger partial charge in [-0.1, -0.05) is 23.4 Å². The average molecular weight is 443 g/mol. The Morgan fingerprint density at radius 3 is 2.70 bits per heavy atom. The fourth-order valence-electron chi connectivity index (χ4n) is 2.88. The summed E-state index contributed by atoms with van der Waals surface area (Å²) in [5.41, 5.74) is 0.929. The fourth-order valence-corrected chi connectivity index (χ4v) is 3.84. The predicted octanol–water partition coefficient (Wildman–Crippen LogP) is 4.88. The minimum atomic E-state index is -0.116. The number of nitrogens with one attached hydrogen (secondary N) is 1. The number of thioether (sulfide) groups is 1. The number of carbonyl (C=O) groups excluding carboxylic acids is 1. The van der Waals surface area contributed by atoms with Gasteiger partial charge in [0.2, 0.25) is 5.91 Å². The van der Waals surface area contributed by atoms with E-state index in [2.05, 4.69) is 15.5 Å². The molecule has 4 rings (SSSR count). The summed E-state index contributed by atoms with van der Waals surface area (Å²) in [4.78, 5) is 12.3. The smallest absolute Gasteiger partial charge is 0.230 e. The second-order valence-electron chi connectivity index (χ2n) is 6.37. The van der Waals surface area contributed by atoms with Gasteiger partial charge in [0.25, 0.3) is 0 Å². The second kappa shape index (κ2) is 9.23. The van der Waals surface area contributed by atoms with Gasteiger partial charge < -0.3 is 14.2 Å². The van der Waals surface area contributed by atoms with Crippen molar-refractivity contribution in [1.29, 1.82) is 0 Å². The Bertz CT molecular complexity index is 1120. The van der Waals surface area contributed by atoms with E-state index in [9.17, 15) is 4.79 Å². The van der Waals surface area contributed by atoms with E-state index >= 15 is 0 Å². The molecule has 0 unspecified atom stereocenters. The minimum Gasteiger partial charge on any atom is -0.461 e. The monoisotopic (exact) mass is 442 g/mol. The van der Waals surface area contributed by atoms with Gasteiger partial charge in [0.05, 0.1) is 18.6 Å². The van der Waals surface area contributed by atoms with Crippen molar-refractivity contribution in [3.05, 3.63) is 65.6 Å². The number of rotatable bonds is 8. The Morgan fingerprint density at radius 1 is 1.13 bits per heavy atom. The number of furan rings is 2. The first-order valence-corrected chi connectivity index (χ1v) is 10.7. The van der Waals surface area contributed by atoms with Crippen molar-refractivity contribution < 1.29 is 13.6 Å². The van der Waals surface area contributed by atoms with Crippen LogP contribution in [0.3, 0.4) is 0 Å². The van der Waals surface area contributed by atoms with Crippen LogP contribution >= 0.6 is 23.4 Å². The molecule has 0 spiro atoms. The van der Waals surface area contributed by atoms with E-state index in [-0.39, 0.29) is 11.7 Å². The number of aromatic nitrogens is 3. The van der Waals surface area contributed by atoms with E-state index in [1.165, 1.54) is 11.8 Å². The van der Waals surface area contributed by atoms with Crippen molar-refractivity contribution >= 4 is 29.3 Å². The fraction of sp³-hybridized carbons (Fsp3) is 0.190. The maximum Gasteiger partial charge on any atom is 0.230 e. The van der Waals surface area contributed by atoms with Crippen molar-refractivity contribution in [1.82, 2.24) is 20.1 Å². The number of benzene rings is 1. The third-order valence-corrected chi connectivity index (χ3v) is 5.58. The van der Waals surface area contributed by atoms with Gasteiger partial charge >= 0.3 is 0 Å². The number of amides is 1. The van der Waals surface area contributed by atoms with Gasteiger partial charge in [-0.15, -0.1) is 10.2 Å². The van der Waals surface area contributed by atoms with E-state index < -0.39 is 0 Å². The van der Waals surface area contributed by atoms with Crippen LogP contribution in [-0.4, -0.2) is 26.4 Å². The molecule has 30 heavy (non-hydrogen) atoms. The molecule has 0 atom stereocenters. The van der Waals surface area contributed by atoms with Crippen molar-refractivity contribution in [2.75, 3.05) is 5.75 Å². The molecule has 154 valence electrons. The molecule has 0 aliphatic rings. The number of hydrogen-bond acceptors (Lipinski definition) is 6. The Balaban J connectivity index is 1.31. The lowest BCUT2D eigenvalue weighted by atomic mass is 10.2. The van der Waals surface area contributed by atoms with Crippen LogP contribution in [-0.2, 0) is 17.9 Å². The Kier molecular flexibility index (Phi) is 6.25. The number of hydrogen-bond donors (Lipinski definition) is 1. The van der Waals surface area contributed by atoms with Crippen LogP contribution in [0.15, 0.2) is 68.8 Å². The molecule has 0 saturated heterocycles. The largest absolute Gasteiger partial charge is 0.461 e. The standard InChI is InChI=1S/C21H19ClN4O3S/c1-2-26-20(18-4-3-11-28-18)24-25-21(26)30-13-19(27)23-12-16-9-10-17(29-16)14-5-7-15(22)8-6-14/h3-11H,2,12-13H2,1H3,(H,23,27). The summed E-state index contributed by atoms with van der Waals surface area (Å²) in [6.45, 7) is 2.98. The zero-order chi connectivity index (χ0) is 20.9. The predicted molar refractivity (Wildman–Crippen MR) is 115 cm³/mol. The van der Waals surface area contributed by atoms with Gasteiger partial charge in [0, 0.05) is 17.1 Å². The third kappa shape index (κ3) is 4.60. The van der Waals surface area contributed by atoms with E-state index in [0.717, 1.165) is 11.3 Å². The summed E-state index contributed by atoms with van der Waals surface area (Å²) < 4.78 is 13.1. The molecule has 0 aliphatic heterocycles. The van der Waals surface area contributed by atoms with Crippen LogP contribution in [0.5, 0.6) is 0 Å². The van der Waals surface area contributed by atoms with Crippen LogP contribution in [0.2, 0.25) is 5.02 Å². The van der Waals surface area contributed by atoms with Crippen LogP contribution in [0, 0.1) is 0 Å². The highest BCUT2D eigenvalue weighted by Crippen LogP contribution is 2.25. The molecule has 1 aromatic carbocycles. The summed E-state index contributed by atoms with van der Waals surface area (Å²) >= 11 is 7.24. The van der Waals surface area contributed by atoms with E-state index in [1.54, 1.807) is 12.3 Å². The van der Waals surface area contributed by atoms with Gasteiger partial charge in [0.1, 0.15) is 11.5 Å². The summed E-state index contributed by atoms with van der Waals surface area (Å²) in [7, 11) is 0. The third-order valence-electron chi connectivity index (χ3n) is 4.36. The van der Waals surface area contributed by atoms with Gasteiger partial charge in [0.15, 0.2) is 16.7 Å². The lowest BCUT2D eigenvalue weighted by Crippen LogP contribution is -2.24. The Labute approximate surface area is 182 Å². The highest BCUT2D eigenvalue weighted by Gasteiger charge is 2.16. The Hall–Kier alpha value is -2.97. The molecule has 3 heterocycles. The summed E-state index contributed by atoms with van der Waals surface area (Å²) in [6.07, 6.45) is 1.59. The Morgan fingerprint density at radius 2 is 1.97 bits per heavy atom. The van der Waals surface area contributed by atoms with Crippen LogP contribution < -0.4 is 5.32 Å². The lowest BCUT2D eigenvalue weighted by Gasteiger charge is -2.06. The van der Waals surface area contributed by atoms with Crippen LogP contribution in [0.25, 0.3) is 22.9 Å².